The predicted molar refractivity (Wildman–Crippen MR) is 58.9 cm³/mol. The van der Waals surface area contributed by atoms with Crippen LogP contribution in [0.5, 0.6) is 0 Å². The molecule has 0 saturated carbocycles. The summed E-state index contributed by atoms with van der Waals surface area (Å²) in [5, 5.41) is 0. The molecule has 74 valence electrons. The van der Waals surface area contributed by atoms with E-state index in [4.69, 9.17) is 11.5 Å². The van der Waals surface area contributed by atoms with Gasteiger partial charge in [-0.2, -0.15) is 0 Å². The van der Waals surface area contributed by atoms with E-state index in [1.807, 2.05) is 0 Å². The number of primary amides is 2. The smallest absolute Gasteiger partial charge is 0.249 e. The van der Waals surface area contributed by atoms with Gasteiger partial charge in [0.25, 0.3) is 0 Å². The number of benzene rings is 1. The third-order valence-electron chi connectivity index (χ3n) is 1.59. The number of amides is 2. The van der Waals surface area contributed by atoms with E-state index in [1.54, 1.807) is 0 Å². The Hall–Kier alpha value is -0.880. The first kappa shape index (κ1) is 11.2. The van der Waals surface area contributed by atoms with Gasteiger partial charge in [0.2, 0.25) is 11.8 Å². The Morgan fingerprint density at radius 3 is 1.43 bits per heavy atom. The van der Waals surface area contributed by atoms with E-state index in [2.05, 4.69) is 31.9 Å². The lowest BCUT2D eigenvalue weighted by Gasteiger charge is -2.05. The summed E-state index contributed by atoms with van der Waals surface area (Å²) < 4.78 is 1.27. The Balaban J connectivity index is 3.46. The van der Waals surface area contributed by atoms with E-state index >= 15 is 0 Å². The van der Waals surface area contributed by atoms with Gasteiger partial charge in [-0.05, 0) is 44.0 Å². The summed E-state index contributed by atoms with van der Waals surface area (Å²) in [6.07, 6.45) is 0. The maximum Gasteiger partial charge on any atom is 0.249 e. The summed E-state index contributed by atoms with van der Waals surface area (Å²) in [6.45, 7) is 0. The van der Waals surface area contributed by atoms with Gasteiger partial charge < -0.3 is 11.5 Å². The normalized spacial score (nSPS) is 9.86. The van der Waals surface area contributed by atoms with E-state index in [0.29, 0.717) is 8.95 Å². The first-order valence-electron chi connectivity index (χ1n) is 3.52. The van der Waals surface area contributed by atoms with Crippen LogP contribution in [0.25, 0.3) is 0 Å². The molecule has 0 aliphatic rings. The van der Waals surface area contributed by atoms with Crippen molar-refractivity contribution in [2.24, 2.45) is 11.5 Å². The molecular weight excluding hydrogens is 316 g/mol. The molecule has 0 radical (unpaired) electrons. The number of hydrogen-bond donors (Lipinski definition) is 2. The van der Waals surface area contributed by atoms with Gasteiger partial charge in [-0.1, -0.05) is 0 Å². The molecular formula is C8H6Br2N2O2. The molecule has 0 unspecified atom stereocenters. The van der Waals surface area contributed by atoms with Gasteiger partial charge in [0.15, 0.2) is 0 Å². The number of carbonyl (C=O) groups excluding carboxylic acids is 2. The van der Waals surface area contributed by atoms with Crippen molar-refractivity contribution in [3.63, 3.8) is 0 Å². The fourth-order valence-corrected chi connectivity index (χ4v) is 1.64. The Bertz CT molecular complexity index is 379. The highest BCUT2D eigenvalue weighted by Gasteiger charge is 2.15. The van der Waals surface area contributed by atoms with Crippen LogP contribution >= 0.6 is 31.9 Å². The highest BCUT2D eigenvalue weighted by Crippen LogP contribution is 2.26. The SMILES string of the molecule is NC(=O)c1cc(Br)c(Br)cc1C(N)=O. The van der Waals surface area contributed by atoms with Crippen molar-refractivity contribution in [2.75, 3.05) is 0 Å². The van der Waals surface area contributed by atoms with E-state index in [-0.39, 0.29) is 11.1 Å². The molecule has 1 aromatic rings. The quantitative estimate of drug-likeness (QED) is 0.862. The third kappa shape index (κ3) is 2.13. The highest BCUT2D eigenvalue weighted by atomic mass is 79.9. The van der Waals surface area contributed by atoms with Gasteiger partial charge in [-0.3, -0.25) is 9.59 Å². The largest absolute Gasteiger partial charge is 0.366 e. The lowest BCUT2D eigenvalue weighted by molar-refractivity contribution is 0.0967. The summed E-state index contributed by atoms with van der Waals surface area (Å²) in [5.41, 5.74) is 10.4. The van der Waals surface area contributed by atoms with Crippen LogP contribution in [0.4, 0.5) is 0 Å². The fourth-order valence-electron chi connectivity index (χ4n) is 0.955. The molecule has 0 heterocycles. The Kier molecular flexibility index (Phi) is 3.28. The van der Waals surface area contributed by atoms with Crippen molar-refractivity contribution < 1.29 is 9.59 Å². The fraction of sp³-hybridized carbons (Fsp3) is 0. The molecule has 0 atom stereocenters. The summed E-state index contributed by atoms with van der Waals surface area (Å²) in [4.78, 5) is 21.9. The second-order valence-corrected chi connectivity index (χ2v) is 4.25. The number of nitrogens with two attached hydrogens (primary N) is 2. The van der Waals surface area contributed by atoms with Gasteiger partial charge in [0.1, 0.15) is 0 Å². The molecule has 4 nitrogen and oxygen atoms in total. The Morgan fingerprint density at radius 1 is 0.929 bits per heavy atom. The molecule has 0 aliphatic carbocycles. The van der Waals surface area contributed by atoms with Crippen LogP contribution in [-0.4, -0.2) is 11.8 Å². The van der Waals surface area contributed by atoms with Crippen molar-refractivity contribution in [2.45, 2.75) is 0 Å². The van der Waals surface area contributed by atoms with Crippen molar-refractivity contribution in [3.05, 3.63) is 32.2 Å². The molecule has 1 rings (SSSR count). The maximum atomic E-state index is 11.0. The minimum absolute atomic E-state index is 0.104. The third-order valence-corrected chi connectivity index (χ3v) is 3.44. The number of hydrogen-bond acceptors (Lipinski definition) is 2. The van der Waals surface area contributed by atoms with Gasteiger partial charge in [0, 0.05) is 8.95 Å². The summed E-state index contributed by atoms with van der Waals surface area (Å²) in [7, 11) is 0. The molecule has 4 N–H and O–H groups in total. The monoisotopic (exact) mass is 320 g/mol. The zero-order valence-corrected chi connectivity index (χ0v) is 10.1. The first-order valence-corrected chi connectivity index (χ1v) is 5.10. The summed E-state index contributed by atoms with van der Waals surface area (Å²) in [5.74, 6) is -1.38. The van der Waals surface area contributed by atoms with Gasteiger partial charge >= 0.3 is 0 Å². The van der Waals surface area contributed by atoms with Crippen molar-refractivity contribution in [1.29, 1.82) is 0 Å². The lowest BCUT2D eigenvalue weighted by Crippen LogP contribution is -2.20. The summed E-state index contributed by atoms with van der Waals surface area (Å²) >= 11 is 6.38. The van der Waals surface area contributed by atoms with E-state index in [9.17, 15) is 9.59 Å². The molecule has 0 spiro atoms. The van der Waals surface area contributed by atoms with Crippen LogP contribution in [0.1, 0.15) is 20.7 Å². The van der Waals surface area contributed by atoms with E-state index in [1.165, 1.54) is 12.1 Å². The molecule has 1 aromatic carbocycles. The van der Waals surface area contributed by atoms with Crippen LogP contribution in [0.3, 0.4) is 0 Å². The minimum atomic E-state index is -0.688. The second-order valence-electron chi connectivity index (χ2n) is 2.54. The first-order chi connectivity index (χ1) is 6.43. The Labute approximate surface area is 96.9 Å². The van der Waals surface area contributed by atoms with Gasteiger partial charge in [0.05, 0.1) is 11.1 Å². The number of halogens is 2. The zero-order valence-electron chi connectivity index (χ0n) is 6.88. The highest BCUT2D eigenvalue weighted by molar-refractivity contribution is 9.13. The van der Waals surface area contributed by atoms with Crippen LogP contribution in [0, 0.1) is 0 Å². The molecule has 0 saturated heterocycles. The molecule has 6 heteroatoms. The van der Waals surface area contributed by atoms with E-state index < -0.39 is 11.8 Å². The standard InChI is InChI=1S/C8H6Br2N2O2/c9-5-1-3(7(11)13)4(8(12)14)2-6(5)10/h1-2H,(H2,11,13)(H2,12,14). The Morgan fingerprint density at radius 2 is 1.21 bits per heavy atom. The average molecular weight is 322 g/mol. The molecule has 0 aromatic heterocycles. The molecule has 0 bridgehead atoms. The lowest BCUT2D eigenvalue weighted by atomic mass is 10.1. The molecule has 0 fully saturated rings. The van der Waals surface area contributed by atoms with E-state index in [0.717, 1.165) is 0 Å². The second kappa shape index (κ2) is 4.10. The van der Waals surface area contributed by atoms with Crippen LogP contribution < -0.4 is 11.5 Å². The zero-order chi connectivity index (χ0) is 10.9. The molecule has 0 aliphatic heterocycles. The number of rotatable bonds is 2. The minimum Gasteiger partial charge on any atom is -0.366 e. The van der Waals surface area contributed by atoms with Crippen LogP contribution in [0.2, 0.25) is 0 Å². The van der Waals surface area contributed by atoms with Gasteiger partial charge in [-0.25, -0.2) is 0 Å². The maximum absolute atomic E-state index is 11.0. The van der Waals surface area contributed by atoms with Crippen LogP contribution in [-0.2, 0) is 0 Å². The molecule has 14 heavy (non-hydrogen) atoms. The number of carbonyl (C=O) groups is 2. The van der Waals surface area contributed by atoms with Crippen molar-refractivity contribution >= 4 is 43.7 Å². The predicted octanol–water partition coefficient (Wildman–Crippen LogP) is 1.41. The molecule has 2 amide bonds. The topological polar surface area (TPSA) is 86.2 Å². The van der Waals surface area contributed by atoms with Crippen LogP contribution in [0.15, 0.2) is 21.1 Å². The van der Waals surface area contributed by atoms with Crippen molar-refractivity contribution in [1.82, 2.24) is 0 Å². The van der Waals surface area contributed by atoms with Crippen molar-refractivity contribution in [3.8, 4) is 0 Å². The average Bonchev–Trinajstić information content (AvgIpc) is 2.08. The summed E-state index contributed by atoms with van der Waals surface area (Å²) in [6, 6.07) is 2.90. The van der Waals surface area contributed by atoms with Gasteiger partial charge in [-0.15, -0.1) is 0 Å².